The Bertz CT molecular complexity index is 494. The van der Waals surface area contributed by atoms with Gasteiger partial charge in [0, 0.05) is 12.4 Å². The fourth-order valence-corrected chi connectivity index (χ4v) is 2.85. The van der Waals surface area contributed by atoms with E-state index in [0.717, 1.165) is 9.73 Å². The molecule has 0 aliphatic carbocycles. The van der Waals surface area contributed by atoms with Crippen LogP contribution in [0.2, 0.25) is 0 Å². The number of primary amides is 1. The number of carbonyl (C=O) groups excluding carboxylic acids is 1. The van der Waals surface area contributed by atoms with Gasteiger partial charge in [-0.3, -0.25) is 14.8 Å². The predicted molar refractivity (Wildman–Crippen MR) is 57.7 cm³/mol. The molecule has 0 atom stereocenters. The lowest BCUT2D eigenvalue weighted by atomic mass is 10.4. The first-order chi connectivity index (χ1) is 6.74. The van der Waals surface area contributed by atoms with Crippen LogP contribution in [0.4, 0.5) is 0 Å². The topological polar surface area (TPSA) is 68.9 Å². The van der Waals surface area contributed by atoms with E-state index in [1.165, 1.54) is 11.3 Å². The lowest BCUT2D eigenvalue weighted by Crippen LogP contribution is -2.09. The second-order valence-electron chi connectivity index (χ2n) is 2.54. The third-order valence-electron chi connectivity index (χ3n) is 1.71. The zero-order valence-corrected chi connectivity index (χ0v) is 8.98. The SMILES string of the molecule is CSc1sc(C(N)=O)c2nccnc12. The minimum absolute atomic E-state index is 0.444. The summed E-state index contributed by atoms with van der Waals surface area (Å²) < 4.78 is 0.974. The summed E-state index contributed by atoms with van der Waals surface area (Å²) in [7, 11) is 0. The van der Waals surface area contributed by atoms with E-state index in [1.807, 2.05) is 6.26 Å². The van der Waals surface area contributed by atoms with Gasteiger partial charge in [0.25, 0.3) is 5.91 Å². The van der Waals surface area contributed by atoms with E-state index in [1.54, 1.807) is 24.2 Å². The molecule has 0 unspecified atom stereocenters. The van der Waals surface area contributed by atoms with Crippen molar-refractivity contribution in [1.29, 1.82) is 0 Å². The fourth-order valence-electron chi connectivity index (χ4n) is 1.15. The van der Waals surface area contributed by atoms with Crippen LogP contribution in [0, 0.1) is 0 Å². The van der Waals surface area contributed by atoms with Crippen molar-refractivity contribution in [3.05, 3.63) is 17.3 Å². The Labute approximate surface area is 88.5 Å². The molecule has 72 valence electrons. The Hall–Kier alpha value is -1.14. The van der Waals surface area contributed by atoms with Crippen molar-refractivity contribution < 1.29 is 4.79 Å². The van der Waals surface area contributed by atoms with Gasteiger partial charge in [-0.2, -0.15) is 0 Å². The van der Waals surface area contributed by atoms with Gasteiger partial charge in [0.2, 0.25) is 0 Å². The molecular formula is C8H7N3OS2. The zero-order chi connectivity index (χ0) is 10.1. The lowest BCUT2D eigenvalue weighted by Gasteiger charge is -1.90. The minimum atomic E-state index is -0.444. The maximum Gasteiger partial charge on any atom is 0.261 e. The molecule has 2 aromatic heterocycles. The molecule has 0 aliphatic rings. The van der Waals surface area contributed by atoms with Gasteiger partial charge >= 0.3 is 0 Å². The molecule has 1 amide bonds. The number of rotatable bonds is 2. The zero-order valence-electron chi connectivity index (χ0n) is 7.35. The molecule has 2 rings (SSSR count). The van der Waals surface area contributed by atoms with Crippen molar-refractivity contribution in [2.45, 2.75) is 4.21 Å². The van der Waals surface area contributed by atoms with Gasteiger partial charge in [0.1, 0.15) is 15.9 Å². The van der Waals surface area contributed by atoms with Gasteiger partial charge in [0.15, 0.2) is 0 Å². The quantitative estimate of drug-likeness (QED) is 0.787. The van der Waals surface area contributed by atoms with E-state index in [-0.39, 0.29) is 0 Å². The highest BCUT2D eigenvalue weighted by atomic mass is 32.2. The van der Waals surface area contributed by atoms with Crippen molar-refractivity contribution in [2.24, 2.45) is 5.73 Å². The first-order valence-electron chi connectivity index (χ1n) is 3.81. The maximum atomic E-state index is 11.1. The highest BCUT2D eigenvalue weighted by molar-refractivity contribution is 8.00. The van der Waals surface area contributed by atoms with Crippen LogP contribution in [0.15, 0.2) is 16.6 Å². The number of nitrogens with zero attached hydrogens (tertiary/aromatic N) is 2. The third kappa shape index (κ3) is 1.36. The van der Waals surface area contributed by atoms with Crippen molar-refractivity contribution in [3.8, 4) is 0 Å². The number of nitrogens with two attached hydrogens (primary N) is 1. The molecule has 0 aromatic carbocycles. The molecule has 2 N–H and O–H groups in total. The molecule has 2 heterocycles. The number of thiophene rings is 1. The van der Waals surface area contributed by atoms with Crippen LogP contribution in [0.3, 0.4) is 0 Å². The smallest absolute Gasteiger partial charge is 0.261 e. The highest BCUT2D eigenvalue weighted by Gasteiger charge is 2.16. The lowest BCUT2D eigenvalue weighted by molar-refractivity contribution is 0.101. The largest absolute Gasteiger partial charge is 0.365 e. The molecule has 0 bridgehead atoms. The monoisotopic (exact) mass is 225 g/mol. The summed E-state index contributed by atoms with van der Waals surface area (Å²) in [5.41, 5.74) is 6.61. The molecule has 0 aliphatic heterocycles. The first kappa shape index (κ1) is 9.42. The molecule has 0 fully saturated rings. The van der Waals surface area contributed by atoms with Gasteiger partial charge in [-0.15, -0.1) is 23.1 Å². The van der Waals surface area contributed by atoms with Gasteiger partial charge in [0.05, 0.1) is 4.21 Å². The number of aromatic nitrogens is 2. The molecule has 0 spiro atoms. The van der Waals surface area contributed by atoms with Crippen LogP contribution in [-0.2, 0) is 0 Å². The molecule has 14 heavy (non-hydrogen) atoms. The molecule has 4 nitrogen and oxygen atoms in total. The number of carbonyl (C=O) groups is 1. The number of hydrogen-bond donors (Lipinski definition) is 1. The highest BCUT2D eigenvalue weighted by Crippen LogP contribution is 2.34. The van der Waals surface area contributed by atoms with Crippen LogP contribution in [0.25, 0.3) is 11.0 Å². The van der Waals surface area contributed by atoms with Crippen LogP contribution in [0.5, 0.6) is 0 Å². The van der Waals surface area contributed by atoms with Crippen LogP contribution in [-0.4, -0.2) is 22.1 Å². The van der Waals surface area contributed by atoms with Gasteiger partial charge < -0.3 is 5.73 Å². The summed E-state index contributed by atoms with van der Waals surface area (Å²) in [6.07, 6.45) is 5.11. The third-order valence-corrected chi connectivity index (χ3v) is 4.00. The minimum Gasteiger partial charge on any atom is -0.365 e. The normalized spacial score (nSPS) is 10.6. The fraction of sp³-hybridized carbons (Fsp3) is 0.125. The van der Waals surface area contributed by atoms with Crippen LogP contribution < -0.4 is 5.73 Å². The number of hydrogen-bond acceptors (Lipinski definition) is 5. The number of amides is 1. The summed E-state index contributed by atoms with van der Waals surface area (Å²) >= 11 is 2.89. The second-order valence-corrected chi connectivity index (χ2v) is 4.64. The predicted octanol–water partition coefficient (Wildman–Crippen LogP) is 1.51. The Morgan fingerprint density at radius 1 is 1.43 bits per heavy atom. The summed E-state index contributed by atoms with van der Waals surface area (Å²) in [5, 5.41) is 0. The van der Waals surface area contributed by atoms with E-state index >= 15 is 0 Å². The van der Waals surface area contributed by atoms with Gasteiger partial charge in [-0.25, -0.2) is 0 Å². The molecule has 0 saturated heterocycles. The molecule has 0 saturated carbocycles. The average Bonchev–Trinajstić information content (AvgIpc) is 2.56. The Morgan fingerprint density at radius 2 is 2.07 bits per heavy atom. The van der Waals surface area contributed by atoms with Gasteiger partial charge in [-0.1, -0.05) is 0 Å². The van der Waals surface area contributed by atoms with E-state index in [2.05, 4.69) is 9.97 Å². The van der Waals surface area contributed by atoms with E-state index in [4.69, 9.17) is 5.73 Å². The van der Waals surface area contributed by atoms with E-state index in [9.17, 15) is 4.79 Å². The van der Waals surface area contributed by atoms with Crippen LogP contribution >= 0.6 is 23.1 Å². The van der Waals surface area contributed by atoms with E-state index in [0.29, 0.717) is 10.4 Å². The van der Waals surface area contributed by atoms with Gasteiger partial charge in [-0.05, 0) is 6.26 Å². The number of thioether (sulfide) groups is 1. The summed E-state index contributed by atoms with van der Waals surface area (Å²) in [4.78, 5) is 19.9. The Kier molecular flexibility index (Phi) is 2.39. The molecular weight excluding hydrogens is 218 g/mol. The standard InChI is InChI=1S/C8H7N3OS2/c1-13-8-5-4(10-2-3-11-5)6(14-8)7(9)12/h2-3H,1H3,(H2,9,12). The summed E-state index contributed by atoms with van der Waals surface area (Å²) in [5.74, 6) is -0.444. The van der Waals surface area contributed by atoms with Crippen LogP contribution in [0.1, 0.15) is 9.67 Å². The first-order valence-corrected chi connectivity index (χ1v) is 5.85. The van der Waals surface area contributed by atoms with Crippen molar-refractivity contribution >= 4 is 40.0 Å². The summed E-state index contributed by atoms with van der Waals surface area (Å²) in [6.45, 7) is 0. The Balaban J connectivity index is 2.80. The molecule has 0 radical (unpaired) electrons. The van der Waals surface area contributed by atoms with Crippen molar-refractivity contribution in [1.82, 2.24) is 9.97 Å². The maximum absolute atomic E-state index is 11.1. The number of fused-ring (bicyclic) bond motifs is 1. The molecule has 2 aromatic rings. The summed E-state index contributed by atoms with van der Waals surface area (Å²) in [6, 6.07) is 0. The second kappa shape index (κ2) is 3.55. The Morgan fingerprint density at radius 3 is 2.64 bits per heavy atom. The average molecular weight is 225 g/mol. The van der Waals surface area contributed by atoms with Crippen molar-refractivity contribution in [2.75, 3.05) is 6.26 Å². The van der Waals surface area contributed by atoms with Crippen molar-refractivity contribution in [3.63, 3.8) is 0 Å². The molecule has 6 heteroatoms. The van der Waals surface area contributed by atoms with E-state index < -0.39 is 5.91 Å².